The second-order valence-corrected chi connectivity index (χ2v) is 16.8. The predicted molar refractivity (Wildman–Crippen MR) is 116 cm³/mol. The highest BCUT2D eigenvalue weighted by Gasteiger charge is 2.53. The third-order valence-electron chi connectivity index (χ3n) is 9.02. The van der Waals surface area contributed by atoms with Gasteiger partial charge in [0.2, 0.25) is 0 Å². The first-order valence-corrected chi connectivity index (χ1v) is 15.1. The quantitative estimate of drug-likeness (QED) is 0.513. The number of hydrogen-bond acceptors (Lipinski definition) is 1. The second-order valence-electron chi connectivity index (χ2n) is 12.2. The molecule has 4 aliphatic carbocycles. The van der Waals surface area contributed by atoms with E-state index < -0.39 is 8.24 Å². The van der Waals surface area contributed by atoms with Gasteiger partial charge in [0.1, 0.15) is 8.24 Å². The summed E-state index contributed by atoms with van der Waals surface area (Å²) in [4.78, 5) is 4.15. The molecular weight excluding hydrogens is 330 g/mol. The van der Waals surface area contributed by atoms with E-state index in [4.69, 9.17) is 0 Å². The first-order valence-electron chi connectivity index (χ1n) is 12.0. The van der Waals surface area contributed by atoms with Gasteiger partial charge < -0.3 is 4.98 Å². The molecule has 4 fully saturated rings. The van der Waals surface area contributed by atoms with Crippen LogP contribution in [0.15, 0.2) is 0 Å². The molecular formula is C24H45NSi. The van der Waals surface area contributed by atoms with E-state index in [-0.39, 0.29) is 5.54 Å². The lowest BCUT2D eigenvalue weighted by atomic mass is 9.68. The van der Waals surface area contributed by atoms with Crippen LogP contribution in [0.5, 0.6) is 0 Å². The van der Waals surface area contributed by atoms with Crippen molar-refractivity contribution in [2.75, 3.05) is 0 Å². The SMILES string of the molecule is CC(C)(C)N[Si](C)(C)C1CC2C3CCCCC3CC3CCCCC3C2C1. The highest BCUT2D eigenvalue weighted by molar-refractivity contribution is 6.76. The number of hydrogen-bond donors (Lipinski definition) is 1. The summed E-state index contributed by atoms with van der Waals surface area (Å²) in [7, 11) is -1.37. The van der Waals surface area contributed by atoms with Crippen LogP contribution in [0.3, 0.4) is 0 Å². The minimum absolute atomic E-state index is 0.279. The third kappa shape index (κ3) is 3.84. The van der Waals surface area contributed by atoms with Crippen LogP contribution in [0.4, 0.5) is 0 Å². The highest BCUT2D eigenvalue weighted by atomic mass is 28.3. The molecule has 0 spiro atoms. The second kappa shape index (κ2) is 7.21. The van der Waals surface area contributed by atoms with Gasteiger partial charge in [-0.15, -0.1) is 0 Å². The van der Waals surface area contributed by atoms with Crippen LogP contribution in [0.25, 0.3) is 0 Å². The fraction of sp³-hybridized carbons (Fsp3) is 1.00. The molecule has 6 unspecified atom stereocenters. The van der Waals surface area contributed by atoms with Gasteiger partial charge in [-0.3, -0.25) is 0 Å². The van der Waals surface area contributed by atoms with E-state index in [1.807, 2.05) is 0 Å². The highest BCUT2D eigenvalue weighted by Crippen LogP contribution is 2.60. The summed E-state index contributed by atoms with van der Waals surface area (Å²) in [5.41, 5.74) is 1.29. The Labute approximate surface area is 164 Å². The summed E-state index contributed by atoms with van der Waals surface area (Å²) in [6.07, 6.45) is 17.2. The average molecular weight is 376 g/mol. The molecule has 150 valence electrons. The fourth-order valence-corrected chi connectivity index (χ4v) is 12.2. The van der Waals surface area contributed by atoms with E-state index in [9.17, 15) is 0 Å². The minimum Gasteiger partial charge on any atom is -0.332 e. The van der Waals surface area contributed by atoms with Crippen molar-refractivity contribution >= 4 is 8.24 Å². The Morgan fingerprint density at radius 3 is 1.58 bits per heavy atom. The van der Waals surface area contributed by atoms with Crippen LogP contribution in [0, 0.1) is 35.5 Å². The largest absolute Gasteiger partial charge is 0.332 e. The molecule has 4 rings (SSSR count). The predicted octanol–water partition coefficient (Wildman–Crippen LogP) is 6.99. The van der Waals surface area contributed by atoms with Crippen LogP contribution in [-0.4, -0.2) is 13.8 Å². The van der Waals surface area contributed by atoms with Crippen molar-refractivity contribution in [3.05, 3.63) is 0 Å². The molecule has 0 saturated heterocycles. The molecule has 0 aromatic rings. The molecule has 0 radical (unpaired) electrons. The summed E-state index contributed by atoms with van der Waals surface area (Å²) in [5, 5.41) is 0. The van der Waals surface area contributed by atoms with Gasteiger partial charge in [-0.1, -0.05) is 51.6 Å². The van der Waals surface area contributed by atoms with Gasteiger partial charge in [-0.25, -0.2) is 0 Å². The molecule has 0 aromatic carbocycles. The molecule has 4 saturated carbocycles. The molecule has 6 atom stereocenters. The van der Waals surface area contributed by atoms with Gasteiger partial charge in [-0.2, -0.15) is 0 Å². The lowest BCUT2D eigenvalue weighted by Gasteiger charge is -2.40. The molecule has 0 heterocycles. The topological polar surface area (TPSA) is 12.0 Å². The Kier molecular flexibility index (Phi) is 5.41. The lowest BCUT2D eigenvalue weighted by molar-refractivity contribution is 0.126. The molecule has 0 aromatic heterocycles. The maximum atomic E-state index is 4.15. The van der Waals surface area contributed by atoms with Crippen molar-refractivity contribution in [1.82, 2.24) is 4.98 Å². The van der Waals surface area contributed by atoms with Gasteiger partial charge in [0.05, 0.1) is 0 Å². The number of nitrogens with one attached hydrogen (secondary N) is 1. The van der Waals surface area contributed by atoms with E-state index in [0.29, 0.717) is 0 Å². The average Bonchev–Trinajstić information content (AvgIpc) is 2.95. The van der Waals surface area contributed by atoms with Crippen molar-refractivity contribution in [2.45, 2.75) is 116 Å². The minimum atomic E-state index is -1.37. The summed E-state index contributed by atoms with van der Waals surface area (Å²) in [6, 6.07) is 0. The number of fused-ring (bicyclic) bond motifs is 5. The maximum absolute atomic E-state index is 4.15. The molecule has 1 nitrogen and oxygen atoms in total. The number of rotatable bonds is 2. The van der Waals surface area contributed by atoms with Gasteiger partial charge in [0.25, 0.3) is 0 Å². The van der Waals surface area contributed by atoms with Crippen LogP contribution >= 0.6 is 0 Å². The zero-order valence-electron chi connectivity index (χ0n) is 18.3. The van der Waals surface area contributed by atoms with Crippen LogP contribution < -0.4 is 4.98 Å². The molecule has 1 N–H and O–H groups in total. The van der Waals surface area contributed by atoms with Crippen molar-refractivity contribution in [3.8, 4) is 0 Å². The maximum Gasteiger partial charge on any atom is 0.122 e. The summed E-state index contributed by atoms with van der Waals surface area (Å²) >= 11 is 0. The van der Waals surface area contributed by atoms with Crippen molar-refractivity contribution in [2.24, 2.45) is 35.5 Å². The zero-order chi connectivity index (χ0) is 18.5. The zero-order valence-corrected chi connectivity index (χ0v) is 19.3. The smallest absolute Gasteiger partial charge is 0.122 e. The molecule has 26 heavy (non-hydrogen) atoms. The third-order valence-corrected chi connectivity index (χ3v) is 12.9. The Morgan fingerprint density at radius 1 is 0.654 bits per heavy atom. The Bertz CT molecular complexity index is 463. The Morgan fingerprint density at radius 2 is 1.12 bits per heavy atom. The molecule has 0 amide bonds. The molecule has 0 bridgehead atoms. The monoisotopic (exact) mass is 375 g/mol. The van der Waals surface area contributed by atoms with Crippen molar-refractivity contribution in [1.29, 1.82) is 0 Å². The Balaban J connectivity index is 1.58. The van der Waals surface area contributed by atoms with E-state index in [0.717, 1.165) is 41.0 Å². The molecule has 2 heteroatoms. The van der Waals surface area contributed by atoms with Gasteiger partial charge in [0, 0.05) is 5.54 Å². The van der Waals surface area contributed by atoms with Crippen molar-refractivity contribution < 1.29 is 0 Å². The summed E-state index contributed by atoms with van der Waals surface area (Å²) < 4.78 is 0. The summed E-state index contributed by atoms with van der Waals surface area (Å²) in [5.74, 6) is 6.58. The standard InChI is InChI=1S/C24H45NSi/c1-24(2,3)25-26(4,5)19-15-22-20-12-8-6-10-17(20)14-18-11-7-9-13-21(18)23(22)16-19/h17-23,25H,6-16H2,1-5H3. The van der Waals surface area contributed by atoms with E-state index in [1.165, 1.54) is 25.7 Å². The van der Waals surface area contributed by atoms with Gasteiger partial charge >= 0.3 is 0 Å². The normalized spacial score (nSPS) is 44.0. The Hall–Kier alpha value is 0.177. The molecule has 4 aliphatic rings. The van der Waals surface area contributed by atoms with E-state index in [2.05, 4.69) is 38.8 Å². The van der Waals surface area contributed by atoms with Gasteiger partial charge in [-0.05, 0) is 93.9 Å². The van der Waals surface area contributed by atoms with Crippen molar-refractivity contribution in [3.63, 3.8) is 0 Å². The first kappa shape index (κ1) is 19.5. The fourth-order valence-electron chi connectivity index (χ4n) is 8.32. The molecule has 0 aliphatic heterocycles. The summed E-state index contributed by atoms with van der Waals surface area (Å²) in [6.45, 7) is 12.4. The first-order chi connectivity index (χ1) is 12.2. The van der Waals surface area contributed by atoms with E-state index in [1.54, 1.807) is 44.9 Å². The lowest BCUT2D eigenvalue weighted by Crippen LogP contribution is -2.56. The van der Waals surface area contributed by atoms with Crippen LogP contribution in [0.1, 0.15) is 91.4 Å². The van der Waals surface area contributed by atoms with E-state index >= 15 is 0 Å². The van der Waals surface area contributed by atoms with Gasteiger partial charge in [0.15, 0.2) is 0 Å². The van der Waals surface area contributed by atoms with Crippen LogP contribution in [-0.2, 0) is 0 Å². The van der Waals surface area contributed by atoms with Crippen LogP contribution in [0.2, 0.25) is 18.6 Å².